The maximum Gasteiger partial charge on any atom is 0.337 e. The number of fused-ring (bicyclic) bond motifs is 1. The maximum absolute atomic E-state index is 13.6. The third-order valence-electron chi connectivity index (χ3n) is 6.99. The van der Waals surface area contributed by atoms with Gasteiger partial charge in [0, 0.05) is 5.56 Å². The number of hydrogen-bond acceptors (Lipinski definition) is 8. The molecule has 5 rings (SSSR count). The fraction of sp³-hybridized carbons (Fsp3) is 0.250. The molecule has 0 saturated carbocycles. The molecule has 9 heteroatoms. The summed E-state index contributed by atoms with van der Waals surface area (Å²) in [5.74, 6) is -1.90. The summed E-state index contributed by atoms with van der Waals surface area (Å²) in [5, 5.41) is 11.9. The minimum absolute atomic E-state index is 0.0707. The first-order valence-corrected chi connectivity index (χ1v) is 14.2. The first kappa shape index (κ1) is 28.0. The first-order valence-electron chi connectivity index (χ1n) is 13.3. The van der Waals surface area contributed by atoms with Gasteiger partial charge in [0.15, 0.2) is 5.13 Å². The van der Waals surface area contributed by atoms with Crippen molar-refractivity contribution in [1.29, 1.82) is 0 Å². The van der Waals surface area contributed by atoms with Crippen LogP contribution in [0, 0.1) is 13.8 Å². The fourth-order valence-electron chi connectivity index (χ4n) is 4.95. The molecular formula is C32H30N2O6S. The zero-order chi connectivity index (χ0) is 29.3. The van der Waals surface area contributed by atoms with Crippen LogP contribution in [0.1, 0.15) is 58.4 Å². The molecule has 1 aromatic heterocycles. The fourth-order valence-corrected chi connectivity index (χ4v) is 6.12. The van der Waals surface area contributed by atoms with Gasteiger partial charge in [0.25, 0.3) is 5.78 Å². The summed E-state index contributed by atoms with van der Waals surface area (Å²) in [6, 6.07) is 16.3. The average molecular weight is 571 g/mol. The predicted octanol–water partition coefficient (Wildman–Crippen LogP) is 6.50. The smallest absolute Gasteiger partial charge is 0.337 e. The highest BCUT2D eigenvalue weighted by Crippen LogP contribution is 2.45. The van der Waals surface area contributed by atoms with E-state index in [9.17, 15) is 19.5 Å². The first-order chi connectivity index (χ1) is 19.7. The monoisotopic (exact) mass is 570 g/mol. The lowest BCUT2D eigenvalue weighted by Crippen LogP contribution is -2.29. The molecule has 4 aromatic rings. The van der Waals surface area contributed by atoms with Gasteiger partial charge in [-0.15, -0.1) is 0 Å². The second-order valence-corrected chi connectivity index (χ2v) is 10.9. The summed E-state index contributed by atoms with van der Waals surface area (Å²) in [6.07, 6.45) is 1.85. The van der Waals surface area contributed by atoms with E-state index in [4.69, 9.17) is 14.5 Å². The molecule has 1 saturated heterocycles. The molecule has 8 nitrogen and oxygen atoms in total. The van der Waals surface area contributed by atoms with E-state index in [-0.39, 0.29) is 11.3 Å². The van der Waals surface area contributed by atoms with Gasteiger partial charge in [-0.25, -0.2) is 9.78 Å². The molecular weight excluding hydrogens is 540 g/mol. The average Bonchev–Trinajstić information content (AvgIpc) is 3.51. The van der Waals surface area contributed by atoms with Crippen LogP contribution in [0.5, 0.6) is 5.75 Å². The Hall–Kier alpha value is -4.50. The molecule has 0 aliphatic carbocycles. The van der Waals surface area contributed by atoms with Crippen LogP contribution in [-0.4, -0.2) is 41.5 Å². The number of ether oxygens (including phenoxy) is 2. The maximum atomic E-state index is 13.6. The molecule has 0 radical (unpaired) electrons. The second-order valence-electron chi connectivity index (χ2n) is 9.94. The highest BCUT2D eigenvalue weighted by atomic mass is 32.1. The van der Waals surface area contributed by atoms with Crippen LogP contribution < -0.4 is 9.64 Å². The number of Topliss-reactive ketones (excluding diaryl/α,β-unsaturated/α-hetero) is 1. The largest absolute Gasteiger partial charge is 0.507 e. The minimum atomic E-state index is -0.978. The van der Waals surface area contributed by atoms with Crippen molar-refractivity contribution in [3.05, 3.63) is 94.1 Å². The van der Waals surface area contributed by atoms with Crippen molar-refractivity contribution in [2.75, 3.05) is 18.6 Å². The van der Waals surface area contributed by atoms with E-state index < -0.39 is 23.7 Å². The van der Waals surface area contributed by atoms with Gasteiger partial charge in [-0.05, 0) is 67.3 Å². The molecule has 1 N–H and O–H groups in total. The van der Waals surface area contributed by atoms with Crippen LogP contribution in [0.2, 0.25) is 0 Å². The van der Waals surface area contributed by atoms with E-state index >= 15 is 0 Å². The number of aliphatic hydroxyl groups excluding tert-OH is 1. The number of nitrogens with zero attached hydrogens (tertiary/aromatic N) is 2. The van der Waals surface area contributed by atoms with Crippen LogP contribution in [0.4, 0.5) is 5.13 Å². The number of ketones is 1. The van der Waals surface area contributed by atoms with E-state index in [1.165, 1.54) is 23.3 Å². The van der Waals surface area contributed by atoms with Gasteiger partial charge in [-0.2, -0.15) is 0 Å². The molecule has 1 unspecified atom stereocenters. The van der Waals surface area contributed by atoms with E-state index in [2.05, 4.69) is 6.92 Å². The van der Waals surface area contributed by atoms with Crippen molar-refractivity contribution in [3.8, 4) is 5.75 Å². The van der Waals surface area contributed by atoms with Crippen molar-refractivity contribution in [3.63, 3.8) is 0 Å². The van der Waals surface area contributed by atoms with Crippen molar-refractivity contribution >= 4 is 50.1 Å². The van der Waals surface area contributed by atoms with Crippen molar-refractivity contribution in [2.24, 2.45) is 0 Å². The van der Waals surface area contributed by atoms with E-state index in [1.807, 2.05) is 26.0 Å². The van der Waals surface area contributed by atoms with E-state index in [0.717, 1.165) is 34.2 Å². The van der Waals surface area contributed by atoms with Crippen molar-refractivity contribution < 1.29 is 29.0 Å². The molecule has 2 heterocycles. The number of aromatic nitrogens is 1. The molecule has 210 valence electrons. The minimum Gasteiger partial charge on any atom is -0.507 e. The number of amides is 1. The van der Waals surface area contributed by atoms with Gasteiger partial charge in [0.1, 0.15) is 11.5 Å². The predicted molar refractivity (Wildman–Crippen MR) is 159 cm³/mol. The van der Waals surface area contributed by atoms with Crippen molar-refractivity contribution in [1.82, 2.24) is 4.98 Å². The Balaban J connectivity index is 1.66. The van der Waals surface area contributed by atoms with Gasteiger partial charge in [-0.3, -0.25) is 14.5 Å². The molecule has 0 spiro atoms. The number of thiazole rings is 1. The summed E-state index contributed by atoms with van der Waals surface area (Å²) < 4.78 is 11.5. The lowest BCUT2D eigenvalue weighted by molar-refractivity contribution is -0.132. The van der Waals surface area contributed by atoms with Gasteiger partial charge in [0.05, 0.1) is 41.1 Å². The summed E-state index contributed by atoms with van der Waals surface area (Å²) in [7, 11) is 1.29. The second kappa shape index (κ2) is 11.5. The molecule has 1 amide bonds. The summed E-state index contributed by atoms with van der Waals surface area (Å²) in [6.45, 7) is 6.52. The Morgan fingerprint density at radius 3 is 2.51 bits per heavy atom. The van der Waals surface area contributed by atoms with Crippen LogP contribution in [0.25, 0.3) is 16.0 Å². The number of methoxy groups -OCH3 is 1. The van der Waals surface area contributed by atoms with Gasteiger partial charge < -0.3 is 14.6 Å². The van der Waals surface area contributed by atoms with Gasteiger partial charge >= 0.3 is 11.9 Å². The molecule has 1 aliphatic heterocycles. The quantitative estimate of drug-likeness (QED) is 0.0847. The number of esters is 1. The lowest BCUT2D eigenvalue weighted by Gasteiger charge is -2.23. The molecule has 41 heavy (non-hydrogen) atoms. The zero-order valence-corrected chi connectivity index (χ0v) is 24.1. The number of rotatable bonds is 8. The number of hydrogen-bond donors (Lipinski definition) is 1. The van der Waals surface area contributed by atoms with Crippen LogP contribution in [-0.2, 0) is 14.3 Å². The van der Waals surface area contributed by atoms with Gasteiger partial charge in [0.2, 0.25) is 0 Å². The third kappa shape index (κ3) is 5.32. The summed E-state index contributed by atoms with van der Waals surface area (Å²) in [5.41, 5.74) is 3.88. The van der Waals surface area contributed by atoms with Crippen molar-refractivity contribution in [2.45, 2.75) is 39.7 Å². The van der Waals surface area contributed by atoms with Crippen LogP contribution >= 0.6 is 11.3 Å². The van der Waals surface area contributed by atoms with Gasteiger partial charge in [-0.1, -0.05) is 55.0 Å². The number of aliphatic hydroxyl groups is 1. The molecule has 1 aliphatic rings. The number of aryl methyl sites for hydroxylation is 2. The SMILES string of the molecule is CCCCOc1cccc(/C(O)=C2\C(=O)C(=O)N(c3nc4c(C)cc(C)cc4s3)C2c2ccc(C(=O)OC)cc2)c1. The molecule has 1 atom stereocenters. The molecule has 3 aromatic carbocycles. The highest BCUT2D eigenvalue weighted by Gasteiger charge is 2.48. The standard InChI is InChI=1S/C32H30N2O6S/c1-5-6-14-40-23-9-7-8-22(17-23)28(35)25-27(20-10-12-21(13-11-20)31(38)39-4)34(30(37)29(25)36)32-33-26-19(3)15-18(2)16-24(26)41-32/h7-13,15-17,27,35H,5-6,14H2,1-4H3/b28-25+. The molecule has 0 bridgehead atoms. The Morgan fingerprint density at radius 2 is 1.80 bits per heavy atom. The Morgan fingerprint density at radius 1 is 1.05 bits per heavy atom. The number of carbonyl (C=O) groups is 3. The normalized spacial score (nSPS) is 16.4. The third-order valence-corrected chi connectivity index (χ3v) is 7.99. The topological polar surface area (TPSA) is 106 Å². The van der Waals surface area contributed by atoms with E-state index in [1.54, 1.807) is 48.5 Å². The Labute approximate surface area is 241 Å². The zero-order valence-electron chi connectivity index (χ0n) is 23.3. The lowest BCUT2D eigenvalue weighted by atomic mass is 9.94. The highest BCUT2D eigenvalue weighted by molar-refractivity contribution is 7.22. The number of benzene rings is 3. The number of unbranched alkanes of at least 4 members (excludes halogenated alkanes) is 1. The Bertz CT molecular complexity index is 1690. The Kier molecular flexibility index (Phi) is 7.90. The number of carbonyl (C=O) groups excluding carboxylic acids is 3. The summed E-state index contributed by atoms with van der Waals surface area (Å²) >= 11 is 1.31. The van der Waals surface area contributed by atoms with Crippen LogP contribution in [0.3, 0.4) is 0 Å². The summed E-state index contributed by atoms with van der Waals surface area (Å²) in [4.78, 5) is 45.4. The van der Waals surface area contributed by atoms with E-state index in [0.29, 0.717) is 34.2 Å². The molecule has 1 fully saturated rings. The van der Waals surface area contributed by atoms with Crippen LogP contribution in [0.15, 0.2) is 66.2 Å². The number of anilines is 1.